The molecule has 0 aliphatic rings. The molecule has 0 unspecified atom stereocenters. The van der Waals surface area contributed by atoms with Crippen molar-refractivity contribution in [1.82, 2.24) is 0 Å². The van der Waals surface area contributed by atoms with Gasteiger partial charge >= 0.3 is 0 Å². The molecule has 0 atom stereocenters. The average Bonchev–Trinajstić information content (AvgIpc) is 2.76. The number of benzene rings is 1. The highest BCUT2D eigenvalue weighted by atomic mass is 79.9. The van der Waals surface area contributed by atoms with Gasteiger partial charge in [0.1, 0.15) is 0 Å². The molecule has 1 N–H and O–H groups in total. The number of halogens is 2. The van der Waals surface area contributed by atoms with E-state index in [9.17, 15) is 4.39 Å². The number of rotatable bonds is 5. The fourth-order valence-corrected chi connectivity index (χ4v) is 2.91. The molecule has 0 amide bonds. The van der Waals surface area contributed by atoms with E-state index in [0.29, 0.717) is 18.9 Å². The van der Waals surface area contributed by atoms with Gasteiger partial charge in [0.25, 0.3) is 0 Å². The second kappa shape index (κ2) is 6.20. The third-order valence-corrected chi connectivity index (χ3v) is 4.02. The number of hydrogen-bond donors (Lipinski definition) is 1. The van der Waals surface area contributed by atoms with Crippen LogP contribution >= 0.6 is 27.3 Å². The zero-order chi connectivity index (χ0) is 13.0. The standard InChI is InChI=1S/C13H13BrFNOS/c1-2-17-13-4-3-10(6-12(13)15)16-7-11-5-9(14)8-18-11/h3-6,8,16H,2,7H2,1H3. The topological polar surface area (TPSA) is 21.3 Å². The fraction of sp³-hybridized carbons (Fsp3) is 0.231. The van der Waals surface area contributed by atoms with Gasteiger partial charge in [-0.15, -0.1) is 11.3 Å². The predicted molar refractivity (Wildman–Crippen MR) is 76.9 cm³/mol. The van der Waals surface area contributed by atoms with Crippen LogP contribution in [0.2, 0.25) is 0 Å². The second-order valence-electron chi connectivity index (χ2n) is 3.66. The molecular weight excluding hydrogens is 317 g/mol. The third-order valence-electron chi connectivity index (χ3n) is 2.32. The minimum absolute atomic E-state index is 0.293. The van der Waals surface area contributed by atoms with Gasteiger partial charge in [-0.1, -0.05) is 0 Å². The lowest BCUT2D eigenvalue weighted by Crippen LogP contribution is -1.99. The Labute approximate surface area is 118 Å². The molecule has 0 aliphatic carbocycles. The van der Waals surface area contributed by atoms with E-state index in [1.54, 1.807) is 17.4 Å². The Morgan fingerprint density at radius 1 is 1.39 bits per heavy atom. The van der Waals surface area contributed by atoms with Crippen molar-refractivity contribution in [3.63, 3.8) is 0 Å². The highest BCUT2D eigenvalue weighted by molar-refractivity contribution is 9.10. The summed E-state index contributed by atoms with van der Waals surface area (Å²) in [7, 11) is 0. The summed E-state index contributed by atoms with van der Waals surface area (Å²) in [5.41, 5.74) is 0.750. The number of ether oxygens (including phenoxy) is 1. The first-order valence-electron chi connectivity index (χ1n) is 5.58. The van der Waals surface area contributed by atoms with E-state index in [1.165, 1.54) is 10.9 Å². The quantitative estimate of drug-likeness (QED) is 0.861. The van der Waals surface area contributed by atoms with Crippen molar-refractivity contribution < 1.29 is 9.13 Å². The molecule has 2 aromatic rings. The van der Waals surface area contributed by atoms with Crippen LogP contribution in [-0.2, 0) is 6.54 Å². The summed E-state index contributed by atoms with van der Waals surface area (Å²) >= 11 is 5.06. The van der Waals surface area contributed by atoms with Crippen LogP contribution in [0.5, 0.6) is 5.75 Å². The molecule has 0 spiro atoms. The average molecular weight is 330 g/mol. The van der Waals surface area contributed by atoms with E-state index in [-0.39, 0.29) is 5.82 Å². The van der Waals surface area contributed by atoms with Crippen LogP contribution in [0.3, 0.4) is 0 Å². The zero-order valence-electron chi connectivity index (χ0n) is 9.87. The molecule has 18 heavy (non-hydrogen) atoms. The van der Waals surface area contributed by atoms with Gasteiger partial charge < -0.3 is 10.1 Å². The monoisotopic (exact) mass is 329 g/mol. The Balaban J connectivity index is 1.99. The molecule has 1 aromatic carbocycles. The van der Waals surface area contributed by atoms with Crippen molar-refractivity contribution in [2.75, 3.05) is 11.9 Å². The van der Waals surface area contributed by atoms with Crippen molar-refractivity contribution in [2.45, 2.75) is 13.5 Å². The number of thiophene rings is 1. The van der Waals surface area contributed by atoms with Gasteiger partial charge in [-0.3, -0.25) is 0 Å². The molecule has 2 rings (SSSR count). The lowest BCUT2D eigenvalue weighted by molar-refractivity contribution is 0.321. The number of hydrogen-bond acceptors (Lipinski definition) is 3. The van der Waals surface area contributed by atoms with Crippen molar-refractivity contribution >= 4 is 33.0 Å². The summed E-state index contributed by atoms with van der Waals surface area (Å²) in [5.74, 6) is -0.0453. The lowest BCUT2D eigenvalue weighted by Gasteiger charge is -2.08. The number of nitrogens with one attached hydrogen (secondary N) is 1. The minimum atomic E-state index is -0.339. The maximum Gasteiger partial charge on any atom is 0.167 e. The smallest absolute Gasteiger partial charge is 0.167 e. The summed E-state index contributed by atoms with van der Waals surface area (Å²) < 4.78 is 19.8. The van der Waals surface area contributed by atoms with Crippen molar-refractivity contribution in [3.05, 3.63) is 44.8 Å². The van der Waals surface area contributed by atoms with Crippen LogP contribution in [0.4, 0.5) is 10.1 Å². The van der Waals surface area contributed by atoms with Crippen LogP contribution < -0.4 is 10.1 Å². The SMILES string of the molecule is CCOc1ccc(NCc2cc(Br)cs2)cc1F. The molecule has 0 fully saturated rings. The van der Waals surface area contributed by atoms with Crippen molar-refractivity contribution in [2.24, 2.45) is 0 Å². The first-order valence-corrected chi connectivity index (χ1v) is 7.25. The van der Waals surface area contributed by atoms with Gasteiger partial charge in [0.15, 0.2) is 11.6 Å². The Bertz CT molecular complexity index is 529. The largest absolute Gasteiger partial charge is 0.491 e. The van der Waals surface area contributed by atoms with Crippen LogP contribution in [0.15, 0.2) is 34.1 Å². The fourth-order valence-electron chi connectivity index (χ4n) is 1.52. The highest BCUT2D eigenvalue weighted by Gasteiger charge is 2.04. The number of anilines is 1. The van der Waals surface area contributed by atoms with E-state index in [1.807, 2.05) is 24.4 Å². The van der Waals surface area contributed by atoms with E-state index in [0.717, 1.165) is 10.2 Å². The first kappa shape index (κ1) is 13.4. The highest BCUT2D eigenvalue weighted by Crippen LogP contribution is 2.23. The molecule has 96 valence electrons. The molecule has 0 radical (unpaired) electrons. The van der Waals surface area contributed by atoms with Gasteiger partial charge in [0, 0.05) is 33.0 Å². The lowest BCUT2D eigenvalue weighted by atomic mass is 10.3. The van der Waals surface area contributed by atoms with Gasteiger partial charge in [0.2, 0.25) is 0 Å². The first-order chi connectivity index (χ1) is 8.69. The van der Waals surface area contributed by atoms with E-state index < -0.39 is 0 Å². The normalized spacial score (nSPS) is 10.4. The van der Waals surface area contributed by atoms with Crippen LogP contribution in [-0.4, -0.2) is 6.61 Å². The Morgan fingerprint density at radius 3 is 2.83 bits per heavy atom. The molecular formula is C13H13BrFNOS. The zero-order valence-corrected chi connectivity index (χ0v) is 12.3. The van der Waals surface area contributed by atoms with Gasteiger partial charge in [0.05, 0.1) is 6.61 Å². The van der Waals surface area contributed by atoms with Crippen molar-refractivity contribution in [1.29, 1.82) is 0 Å². The minimum Gasteiger partial charge on any atom is -0.491 e. The van der Waals surface area contributed by atoms with Crippen molar-refractivity contribution in [3.8, 4) is 5.75 Å². The maximum atomic E-state index is 13.6. The van der Waals surface area contributed by atoms with Gasteiger partial charge in [-0.25, -0.2) is 4.39 Å². The second-order valence-corrected chi connectivity index (χ2v) is 5.57. The Hall–Kier alpha value is -1.07. The molecule has 1 heterocycles. The van der Waals surface area contributed by atoms with Crippen LogP contribution in [0.25, 0.3) is 0 Å². The molecule has 5 heteroatoms. The third kappa shape index (κ3) is 3.46. The van der Waals surface area contributed by atoms with Gasteiger partial charge in [-0.05, 0) is 41.1 Å². The molecule has 1 aromatic heterocycles. The predicted octanol–water partition coefficient (Wildman–Crippen LogP) is 4.66. The maximum absolute atomic E-state index is 13.6. The molecule has 0 bridgehead atoms. The molecule has 0 saturated carbocycles. The molecule has 2 nitrogen and oxygen atoms in total. The van der Waals surface area contributed by atoms with E-state index in [2.05, 4.69) is 21.2 Å². The van der Waals surface area contributed by atoms with E-state index >= 15 is 0 Å². The molecule has 0 aliphatic heterocycles. The molecule has 0 saturated heterocycles. The van der Waals surface area contributed by atoms with Crippen LogP contribution in [0, 0.1) is 5.82 Å². The van der Waals surface area contributed by atoms with E-state index in [4.69, 9.17) is 4.74 Å². The summed E-state index contributed by atoms with van der Waals surface area (Å²) in [6.07, 6.45) is 0. The Kier molecular flexibility index (Phi) is 4.60. The summed E-state index contributed by atoms with van der Waals surface area (Å²) in [5, 5.41) is 5.20. The van der Waals surface area contributed by atoms with Gasteiger partial charge in [-0.2, -0.15) is 0 Å². The van der Waals surface area contributed by atoms with Crippen LogP contribution in [0.1, 0.15) is 11.8 Å². The summed E-state index contributed by atoms with van der Waals surface area (Å²) in [4.78, 5) is 1.19. The Morgan fingerprint density at radius 2 is 2.22 bits per heavy atom. The summed E-state index contributed by atoms with van der Waals surface area (Å²) in [6, 6.07) is 6.96. The summed E-state index contributed by atoms with van der Waals surface area (Å²) in [6.45, 7) is 2.98.